The van der Waals surface area contributed by atoms with Crippen molar-refractivity contribution in [3.63, 3.8) is 0 Å². The maximum absolute atomic E-state index is 12.7. The summed E-state index contributed by atoms with van der Waals surface area (Å²) in [6, 6.07) is 0.391. The average molecular weight is 561 g/mol. The van der Waals surface area contributed by atoms with Crippen molar-refractivity contribution in [2.24, 2.45) is 52.3 Å². The van der Waals surface area contributed by atoms with Crippen LogP contribution in [0.2, 0.25) is 0 Å². The number of amides is 1. The van der Waals surface area contributed by atoms with Gasteiger partial charge in [0.25, 0.3) is 0 Å². The maximum Gasteiger partial charge on any atom is 0.234 e. The van der Waals surface area contributed by atoms with E-state index in [1.807, 2.05) is 11.8 Å². The summed E-state index contributed by atoms with van der Waals surface area (Å²) in [6.45, 7) is 18.7. The number of hydrogen-bond donors (Lipinski definition) is 2. The molecular formula is C35H64N2OS. The number of rotatable bonds is 13. The second-order valence-electron chi connectivity index (χ2n) is 15.7. The first kappa shape index (κ1) is 31.7. The van der Waals surface area contributed by atoms with Gasteiger partial charge in [0.15, 0.2) is 0 Å². The lowest BCUT2D eigenvalue weighted by Crippen LogP contribution is -2.56. The summed E-state index contributed by atoms with van der Waals surface area (Å²) in [6.07, 6.45) is 17.9. The van der Waals surface area contributed by atoms with E-state index in [9.17, 15) is 4.79 Å². The van der Waals surface area contributed by atoms with Crippen molar-refractivity contribution in [2.75, 3.05) is 18.8 Å². The van der Waals surface area contributed by atoms with Crippen LogP contribution in [0.15, 0.2) is 0 Å². The van der Waals surface area contributed by atoms with Crippen molar-refractivity contribution >= 4 is 17.7 Å². The molecule has 3 nitrogen and oxygen atoms in total. The van der Waals surface area contributed by atoms with Gasteiger partial charge in [0.1, 0.15) is 0 Å². The van der Waals surface area contributed by atoms with Gasteiger partial charge in [-0.2, -0.15) is 11.8 Å². The summed E-state index contributed by atoms with van der Waals surface area (Å²) in [7, 11) is 0. The standard InChI is InChI=1S/C35H64N2OS/c1-24(2)10-8-11-26(5)30-14-15-31-29-13-12-27-22-28(37-33(38)23-36-20-9-21-39-25(3)4)16-18-34(27,6)32(29)17-19-35(30,31)7/h24-32,36H,8-23H2,1-7H3,(H,37,38)/t26-,27+,28-,29-,30+,31-,32-,34-,35+/m0/s1. The average Bonchev–Trinajstić information content (AvgIpc) is 3.23. The van der Waals surface area contributed by atoms with Crippen LogP contribution >= 0.6 is 11.8 Å². The fourth-order valence-corrected chi connectivity index (χ4v) is 11.2. The van der Waals surface area contributed by atoms with Crippen LogP contribution in [0.4, 0.5) is 0 Å². The number of thioether (sulfide) groups is 1. The monoisotopic (exact) mass is 560 g/mol. The van der Waals surface area contributed by atoms with E-state index in [4.69, 9.17) is 0 Å². The first-order valence-electron chi connectivity index (χ1n) is 17.2. The first-order valence-corrected chi connectivity index (χ1v) is 18.2. The van der Waals surface area contributed by atoms with E-state index in [-0.39, 0.29) is 5.91 Å². The van der Waals surface area contributed by atoms with E-state index in [0.29, 0.717) is 28.7 Å². The van der Waals surface area contributed by atoms with Crippen molar-refractivity contribution in [1.82, 2.24) is 10.6 Å². The molecule has 2 N–H and O–H groups in total. The summed E-state index contributed by atoms with van der Waals surface area (Å²) in [4.78, 5) is 12.7. The normalized spacial score (nSPS) is 38.8. The van der Waals surface area contributed by atoms with E-state index in [0.717, 1.165) is 54.4 Å². The summed E-state index contributed by atoms with van der Waals surface area (Å²) in [5.74, 6) is 7.73. The molecule has 4 aliphatic rings. The summed E-state index contributed by atoms with van der Waals surface area (Å²) in [5, 5.41) is 7.50. The van der Waals surface area contributed by atoms with Gasteiger partial charge in [0.05, 0.1) is 6.54 Å². The molecule has 4 saturated carbocycles. The van der Waals surface area contributed by atoms with Crippen molar-refractivity contribution in [1.29, 1.82) is 0 Å². The molecule has 9 atom stereocenters. The summed E-state index contributed by atoms with van der Waals surface area (Å²) < 4.78 is 0. The minimum atomic E-state index is 0.210. The number of hydrogen-bond acceptors (Lipinski definition) is 3. The molecule has 4 rings (SSSR count). The summed E-state index contributed by atoms with van der Waals surface area (Å²) >= 11 is 2.01. The van der Waals surface area contributed by atoms with Gasteiger partial charge in [-0.3, -0.25) is 4.79 Å². The van der Waals surface area contributed by atoms with Crippen LogP contribution in [0.5, 0.6) is 0 Å². The molecule has 0 aromatic heterocycles. The van der Waals surface area contributed by atoms with Crippen LogP contribution in [0.1, 0.15) is 132 Å². The zero-order chi connectivity index (χ0) is 28.2. The van der Waals surface area contributed by atoms with Crippen LogP contribution in [-0.2, 0) is 4.79 Å². The summed E-state index contributed by atoms with van der Waals surface area (Å²) in [5.41, 5.74) is 1.09. The van der Waals surface area contributed by atoms with Gasteiger partial charge in [-0.1, -0.05) is 67.7 Å². The third-order valence-electron chi connectivity index (χ3n) is 12.5. The third kappa shape index (κ3) is 7.41. The van der Waals surface area contributed by atoms with Crippen LogP contribution in [0.3, 0.4) is 0 Å². The Bertz CT molecular complexity index is 785. The van der Waals surface area contributed by atoms with E-state index < -0.39 is 0 Å². The quantitative estimate of drug-likeness (QED) is 0.221. The van der Waals surface area contributed by atoms with Crippen molar-refractivity contribution < 1.29 is 4.79 Å². The zero-order valence-electron chi connectivity index (χ0n) is 26.8. The number of fused-ring (bicyclic) bond motifs is 5. The Morgan fingerprint density at radius 1 is 0.872 bits per heavy atom. The second-order valence-corrected chi connectivity index (χ2v) is 17.4. The predicted molar refractivity (Wildman–Crippen MR) is 170 cm³/mol. The molecule has 0 saturated heterocycles. The van der Waals surface area contributed by atoms with Crippen molar-refractivity contribution in [2.45, 2.75) is 143 Å². The van der Waals surface area contributed by atoms with E-state index in [1.54, 1.807) is 0 Å². The molecule has 0 unspecified atom stereocenters. The Morgan fingerprint density at radius 3 is 2.36 bits per heavy atom. The third-order valence-corrected chi connectivity index (χ3v) is 13.7. The fraction of sp³-hybridized carbons (Fsp3) is 0.971. The van der Waals surface area contributed by atoms with E-state index in [2.05, 4.69) is 59.1 Å². The molecule has 0 spiro atoms. The van der Waals surface area contributed by atoms with Crippen LogP contribution in [-0.4, -0.2) is 36.0 Å². The molecule has 0 heterocycles. The molecule has 1 amide bonds. The van der Waals surface area contributed by atoms with Crippen LogP contribution in [0.25, 0.3) is 0 Å². The minimum Gasteiger partial charge on any atom is -0.352 e. The molecule has 0 radical (unpaired) electrons. The SMILES string of the molecule is CC(C)CCC[C@H](C)[C@H]1CC[C@H]2[C@@H]3CC[C@@H]4C[C@@H](NC(=O)CNCCCSC(C)C)CC[C@]4(C)[C@H]3CC[C@]12C. The molecule has 0 aromatic rings. The van der Waals surface area contributed by atoms with Gasteiger partial charge in [0.2, 0.25) is 5.91 Å². The number of nitrogens with one attached hydrogen (secondary N) is 2. The Morgan fingerprint density at radius 2 is 1.62 bits per heavy atom. The lowest BCUT2D eigenvalue weighted by molar-refractivity contribution is -0.127. The molecule has 4 fully saturated rings. The van der Waals surface area contributed by atoms with Gasteiger partial charge in [-0.15, -0.1) is 0 Å². The largest absolute Gasteiger partial charge is 0.352 e. The maximum atomic E-state index is 12.7. The van der Waals surface area contributed by atoms with Crippen LogP contribution in [0, 0.1) is 52.3 Å². The Balaban J connectivity index is 1.26. The highest BCUT2D eigenvalue weighted by Gasteiger charge is 2.60. The van der Waals surface area contributed by atoms with Gasteiger partial charge >= 0.3 is 0 Å². The van der Waals surface area contributed by atoms with Gasteiger partial charge in [-0.05, 0) is 134 Å². The zero-order valence-corrected chi connectivity index (χ0v) is 27.6. The highest BCUT2D eigenvalue weighted by molar-refractivity contribution is 7.99. The first-order chi connectivity index (χ1) is 18.5. The second kappa shape index (κ2) is 13.8. The molecule has 4 heteroatoms. The Labute approximate surface area is 247 Å². The predicted octanol–water partition coefficient (Wildman–Crippen LogP) is 8.71. The Kier molecular flexibility index (Phi) is 11.2. The molecule has 4 aliphatic carbocycles. The Hall–Kier alpha value is -0.220. The van der Waals surface area contributed by atoms with Gasteiger partial charge in [-0.25, -0.2) is 0 Å². The fourth-order valence-electron chi connectivity index (χ4n) is 10.4. The minimum absolute atomic E-state index is 0.210. The molecule has 226 valence electrons. The lowest BCUT2D eigenvalue weighted by atomic mass is 9.44. The number of carbonyl (C=O) groups is 1. The smallest absolute Gasteiger partial charge is 0.234 e. The molecule has 0 bridgehead atoms. The molecule has 39 heavy (non-hydrogen) atoms. The van der Waals surface area contributed by atoms with Crippen molar-refractivity contribution in [3.8, 4) is 0 Å². The van der Waals surface area contributed by atoms with E-state index in [1.165, 1.54) is 82.8 Å². The molecule has 0 aromatic carbocycles. The topological polar surface area (TPSA) is 41.1 Å². The highest BCUT2D eigenvalue weighted by Crippen LogP contribution is 2.68. The van der Waals surface area contributed by atoms with Gasteiger partial charge < -0.3 is 10.6 Å². The number of carbonyl (C=O) groups excluding carboxylic acids is 1. The lowest BCUT2D eigenvalue weighted by Gasteiger charge is -2.61. The van der Waals surface area contributed by atoms with Gasteiger partial charge in [0, 0.05) is 6.04 Å². The highest BCUT2D eigenvalue weighted by atomic mass is 32.2. The van der Waals surface area contributed by atoms with Crippen LogP contribution < -0.4 is 10.6 Å². The molecule has 0 aliphatic heterocycles. The van der Waals surface area contributed by atoms with E-state index >= 15 is 0 Å². The molecular weight excluding hydrogens is 496 g/mol. The van der Waals surface area contributed by atoms with Crippen molar-refractivity contribution in [3.05, 3.63) is 0 Å².